The Morgan fingerprint density at radius 3 is 2.83 bits per heavy atom. The molecule has 3 aromatic rings. The third kappa shape index (κ3) is 3.44. The van der Waals surface area contributed by atoms with Crippen LogP contribution in [0.2, 0.25) is 0 Å². The van der Waals surface area contributed by atoms with E-state index in [-0.39, 0.29) is 11.7 Å². The molecule has 0 aliphatic heterocycles. The molecule has 5 nitrogen and oxygen atoms in total. The normalized spacial score (nSPS) is 12.1. The van der Waals surface area contributed by atoms with Gasteiger partial charge in [0.05, 0.1) is 4.88 Å². The molecule has 24 heavy (non-hydrogen) atoms. The van der Waals surface area contributed by atoms with Gasteiger partial charge in [0, 0.05) is 6.54 Å². The Morgan fingerprint density at radius 2 is 2.17 bits per heavy atom. The molecular weight excluding hydrogens is 347 g/mol. The van der Waals surface area contributed by atoms with Crippen molar-refractivity contribution >= 4 is 29.5 Å². The first-order valence-corrected chi connectivity index (χ1v) is 8.58. The van der Waals surface area contributed by atoms with E-state index < -0.39 is 6.04 Å². The number of amides is 1. The maximum Gasteiger partial charge on any atom is 0.243 e. The van der Waals surface area contributed by atoms with Crippen molar-refractivity contribution in [3.05, 3.63) is 57.9 Å². The Kier molecular flexibility index (Phi) is 4.86. The van der Waals surface area contributed by atoms with Crippen molar-refractivity contribution in [1.82, 2.24) is 20.1 Å². The Bertz CT molecular complexity index is 884. The molecule has 124 valence electrons. The average molecular weight is 362 g/mol. The van der Waals surface area contributed by atoms with Gasteiger partial charge in [-0.2, -0.15) is 5.10 Å². The van der Waals surface area contributed by atoms with Gasteiger partial charge in [0.15, 0.2) is 10.6 Å². The highest BCUT2D eigenvalue weighted by molar-refractivity contribution is 7.71. The number of halogens is 1. The average Bonchev–Trinajstić information content (AvgIpc) is 3.22. The number of nitrogens with zero attached hydrogens (tertiary/aromatic N) is 2. The molecule has 0 spiro atoms. The van der Waals surface area contributed by atoms with Crippen LogP contribution in [0.5, 0.6) is 0 Å². The van der Waals surface area contributed by atoms with Gasteiger partial charge in [0.1, 0.15) is 11.9 Å². The zero-order valence-corrected chi connectivity index (χ0v) is 14.5. The topological polar surface area (TPSA) is 62.7 Å². The summed E-state index contributed by atoms with van der Waals surface area (Å²) in [5.74, 6) is 0.151. The Hall–Kier alpha value is -2.32. The molecule has 2 heterocycles. The summed E-state index contributed by atoms with van der Waals surface area (Å²) in [5, 5.41) is 11.7. The van der Waals surface area contributed by atoms with Gasteiger partial charge < -0.3 is 5.32 Å². The molecule has 0 radical (unpaired) electrons. The second-order valence-corrected chi connectivity index (χ2v) is 6.55. The van der Waals surface area contributed by atoms with Crippen LogP contribution in [-0.4, -0.2) is 20.7 Å². The van der Waals surface area contributed by atoms with Gasteiger partial charge in [0.25, 0.3) is 0 Å². The highest BCUT2D eigenvalue weighted by atomic mass is 32.1. The number of aromatic amines is 1. The number of carbonyl (C=O) groups is 1. The summed E-state index contributed by atoms with van der Waals surface area (Å²) < 4.78 is 15.0. The zero-order valence-electron chi connectivity index (χ0n) is 12.8. The van der Waals surface area contributed by atoms with Crippen molar-refractivity contribution < 1.29 is 9.18 Å². The van der Waals surface area contributed by atoms with Crippen LogP contribution in [-0.2, 0) is 11.3 Å². The van der Waals surface area contributed by atoms with E-state index in [1.807, 2.05) is 17.5 Å². The molecule has 0 saturated carbocycles. The second kappa shape index (κ2) is 7.06. The van der Waals surface area contributed by atoms with Gasteiger partial charge in [-0.3, -0.25) is 14.5 Å². The van der Waals surface area contributed by atoms with Crippen LogP contribution in [0.1, 0.15) is 18.5 Å². The molecule has 0 unspecified atom stereocenters. The van der Waals surface area contributed by atoms with Crippen LogP contribution in [0.25, 0.3) is 10.7 Å². The van der Waals surface area contributed by atoms with Crippen molar-refractivity contribution in [2.45, 2.75) is 19.5 Å². The van der Waals surface area contributed by atoms with Crippen LogP contribution in [0.4, 0.5) is 4.39 Å². The first-order valence-electron chi connectivity index (χ1n) is 7.29. The van der Waals surface area contributed by atoms with E-state index in [0.29, 0.717) is 17.1 Å². The van der Waals surface area contributed by atoms with Crippen molar-refractivity contribution in [2.75, 3.05) is 0 Å². The van der Waals surface area contributed by atoms with Crippen LogP contribution < -0.4 is 5.32 Å². The molecule has 0 aliphatic rings. The number of H-pyrrole nitrogens is 1. The number of thiophene rings is 1. The van der Waals surface area contributed by atoms with Crippen LogP contribution in [0.15, 0.2) is 41.8 Å². The first-order chi connectivity index (χ1) is 11.6. The molecular formula is C16H15FN4OS2. The molecule has 3 rings (SSSR count). The highest BCUT2D eigenvalue weighted by Gasteiger charge is 2.21. The van der Waals surface area contributed by atoms with Crippen molar-refractivity contribution in [3.63, 3.8) is 0 Å². The van der Waals surface area contributed by atoms with E-state index in [9.17, 15) is 9.18 Å². The monoisotopic (exact) mass is 362 g/mol. The summed E-state index contributed by atoms with van der Waals surface area (Å²) >= 11 is 6.79. The van der Waals surface area contributed by atoms with Gasteiger partial charge in [0.2, 0.25) is 5.91 Å². The van der Waals surface area contributed by atoms with Crippen LogP contribution in [0.3, 0.4) is 0 Å². The van der Waals surface area contributed by atoms with Gasteiger partial charge in [-0.25, -0.2) is 4.39 Å². The van der Waals surface area contributed by atoms with Crippen LogP contribution >= 0.6 is 23.6 Å². The SMILES string of the molecule is C[C@H](C(=O)NCc1ccc(F)cc1)n1c(-c2cccs2)n[nH]c1=S. The minimum absolute atomic E-state index is 0.186. The Balaban J connectivity index is 1.75. The smallest absolute Gasteiger partial charge is 0.243 e. The molecule has 1 aromatic carbocycles. The number of benzene rings is 1. The molecule has 1 atom stereocenters. The number of carbonyl (C=O) groups excluding carboxylic acids is 1. The summed E-state index contributed by atoms with van der Waals surface area (Å²) in [6, 6.07) is 9.34. The predicted molar refractivity (Wildman–Crippen MR) is 93.7 cm³/mol. The van der Waals surface area contributed by atoms with E-state index in [2.05, 4.69) is 15.5 Å². The molecule has 2 aromatic heterocycles. The summed E-state index contributed by atoms with van der Waals surface area (Å²) in [7, 11) is 0. The number of nitrogens with one attached hydrogen (secondary N) is 2. The number of hydrogen-bond acceptors (Lipinski definition) is 4. The summed E-state index contributed by atoms with van der Waals surface area (Å²) in [6.07, 6.45) is 0. The lowest BCUT2D eigenvalue weighted by Gasteiger charge is -2.15. The third-order valence-electron chi connectivity index (χ3n) is 3.59. The standard InChI is InChI=1S/C16H15FN4OS2/c1-10(15(22)18-9-11-4-6-12(17)7-5-11)21-14(19-20-16(21)23)13-3-2-8-24-13/h2-8,10H,9H2,1H3,(H,18,22)(H,20,23)/t10-/m1/s1. The summed E-state index contributed by atoms with van der Waals surface area (Å²) in [6.45, 7) is 2.09. The number of hydrogen-bond donors (Lipinski definition) is 2. The van der Waals surface area contributed by atoms with E-state index >= 15 is 0 Å². The highest BCUT2D eigenvalue weighted by Crippen LogP contribution is 2.25. The summed E-state index contributed by atoms with van der Waals surface area (Å²) in [5.41, 5.74) is 0.825. The van der Waals surface area contributed by atoms with Crippen molar-refractivity contribution in [3.8, 4) is 10.7 Å². The van der Waals surface area contributed by atoms with E-state index in [1.165, 1.54) is 23.5 Å². The molecule has 0 bridgehead atoms. The maximum atomic E-state index is 12.9. The van der Waals surface area contributed by atoms with Gasteiger partial charge in [-0.1, -0.05) is 18.2 Å². The van der Waals surface area contributed by atoms with Crippen molar-refractivity contribution in [1.29, 1.82) is 0 Å². The lowest BCUT2D eigenvalue weighted by atomic mass is 10.2. The number of aromatic nitrogens is 3. The predicted octanol–water partition coefficient (Wildman–Crippen LogP) is 3.69. The van der Waals surface area contributed by atoms with E-state index in [4.69, 9.17) is 12.2 Å². The van der Waals surface area contributed by atoms with Gasteiger partial charge in [-0.05, 0) is 48.3 Å². The van der Waals surface area contributed by atoms with Gasteiger partial charge >= 0.3 is 0 Å². The zero-order chi connectivity index (χ0) is 17.1. The largest absolute Gasteiger partial charge is 0.350 e. The minimum Gasteiger partial charge on any atom is -0.350 e. The quantitative estimate of drug-likeness (QED) is 0.681. The molecule has 1 amide bonds. The van der Waals surface area contributed by atoms with E-state index in [1.54, 1.807) is 23.6 Å². The fraction of sp³-hybridized carbons (Fsp3) is 0.188. The van der Waals surface area contributed by atoms with E-state index in [0.717, 1.165) is 10.4 Å². The van der Waals surface area contributed by atoms with Crippen molar-refractivity contribution in [2.24, 2.45) is 0 Å². The fourth-order valence-corrected chi connectivity index (χ4v) is 3.30. The first kappa shape index (κ1) is 16.5. The lowest BCUT2D eigenvalue weighted by Crippen LogP contribution is -2.31. The van der Waals surface area contributed by atoms with Gasteiger partial charge in [-0.15, -0.1) is 11.3 Å². The molecule has 0 aliphatic carbocycles. The Morgan fingerprint density at radius 1 is 1.42 bits per heavy atom. The minimum atomic E-state index is -0.520. The number of rotatable bonds is 5. The molecule has 2 N–H and O–H groups in total. The third-order valence-corrected chi connectivity index (χ3v) is 4.75. The maximum absolute atomic E-state index is 12.9. The Labute approximate surface area is 147 Å². The molecule has 0 saturated heterocycles. The molecule has 8 heteroatoms. The summed E-state index contributed by atoms with van der Waals surface area (Å²) in [4.78, 5) is 13.4. The molecule has 0 fully saturated rings. The fourth-order valence-electron chi connectivity index (χ4n) is 2.30. The lowest BCUT2D eigenvalue weighted by molar-refractivity contribution is -0.124. The van der Waals surface area contributed by atoms with Crippen LogP contribution in [0, 0.1) is 10.6 Å². The second-order valence-electron chi connectivity index (χ2n) is 5.22.